The highest BCUT2D eigenvalue weighted by Crippen LogP contribution is 2.33. The van der Waals surface area contributed by atoms with Crippen molar-refractivity contribution in [2.24, 2.45) is 0 Å². The molecule has 2 aromatic heterocycles. The lowest BCUT2D eigenvalue weighted by Crippen LogP contribution is -2.24. The molecule has 20 heavy (non-hydrogen) atoms. The van der Waals surface area contributed by atoms with Gasteiger partial charge in [0.2, 0.25) is 0 Å². The summed E-state index contributed by atoms with van der Waals surface area (Å²) in [4.78, 5) is 4.39. The number of rotatable bonds is 5. The van der Waals surface area contributed by atoms with Gasteiger partial charge in [-0.1, -0.05) is 11.6 Å². The van der Waals surface area contributed by atoms with Gasteiger partial charge in [0.25, 0.3) is 0 Å². The van der Waals surface area contributed by atoms with Crippen LogP contribution in [0.4, 0.5) is 0 Å². The van der Waals surface area contributed by atoms with Gasteiger partial charge in [0.05, 0.1) is 30.1 Å². The SMILES string of the molecule is CNC(c1ncccc1Cl)c1c(OC)cnn1C(C)C. The molecular weight excluding hydrogens is 276 g/mol. The van der Waals surface area contributed by atoms with Crippen molar-refractivity contribution in [2.75, 3.05) is 14.2 Å². The minimum Gasteiger partial charge on any atom is -0.493 e. The van der Waals surface area contributed by atoms with Crippen LogP contribution < -0.4 is 10.1 Å². The maximum absolute atomic E-state index is 6.27. The Morgan fingerprint density at radius 1 is 1.40 bits per heavy atom. The molecule has 6 heteroatoms. The summed E-state index contributed by atoms with van der Waals surface area (Å²) in [7, 11) is 3.50. The largest absolute Gasteiger partial charge is 0.493 e. The normalized spacial score (nSPS) is 12.7. The van der Waals surface area contributed by atoms with Gasteiger partial charge < -0.3 is 10.1 Å². The molecule has 0 aromatic carbocycles. The number of hydrogen-bond donors (Lipinski definition) is 1. The first-order chi connectivity index (χ1) is 9.60. The van der Waals surface area contributed by atoms with E-state index in [4.69, 9.17) is 16.3 Å². The van der Waals surface area contributed by atoms with Gasteiger partial charge in [-0.15, -0.1) is 0 Å². The molecule has 2 rings (SSSR count). The third-order valence-electron chi connectivity index (χ3n) is 3.13. The quantitative estimate of drug-likeness (QED) is 0.921. The minimum absolute atomic E-state index is 0.177. The summed E-state index contributed by atoms with van der Waals surface area (Å²) in [5.74, 6) is 0.722. The predicted octanol–water partition coefficient (Wildman–Crippen LogP) is 2.83. The maximum Gasteiger partial charge on any atom is 0.162 e. The molecule has 0 radical (unpaired) electrons. The van der Waals surface area contributed by atoms with Crippen LogP contribution in [-0.4, -0.2) is 28.9 Å². The number of nitrogens with one attached hydrogen (secondary N) is 1. The van der Waals surface area contributed by atoms with Crippen molar-refractivity contribution >= 4 is 11.6 Å². The van der Waals surface area contributed by atoms with E-state index in [2.05, 4.69) is 29.2 Å². The van der Waals surface area contributed by atoms with Crippen molar-refractivity contribution in [1.29, 1.82) is 0 Å². The highest BCUT2D eigenvalue weighted by atomic mass is 35.5. The van der Waals surface area contributed by atoms with Crippen molar-refractivity contribution in [2.45, 2.75) is 25.9 Å². The van der Waals surface area contributed by atoms with Crippen molar-refractivity contribution in [3.05, 3.63) is 40.9 Å². The molecule has 0 aliphatic carbocycles. The van der Waals surface area contributed by atoms with Crippen LogP contribution >= 0.6 is 11.6 Å². The third kappa shape index (κ3) is 2.64. The van der Waals surface area contributed by atoms with E-state index in [1.54, 1.807) is 19.5 Å². The van der Waals surface area contributed by atoms with Crippen LogP contribution in [0.3, 0.4) is 0 Å². The summed E-state index contributed by atoms with van der Waals surface area (Å²) in [6, 6.07) is 3.68. The Hall–Kier alpha value is -1.59. The Kier molecular flexibility index (Phi) is 4.62. The number of hydrogen-bond acceptors (Lipinski definition) is 4. The van der Waals surface area contributed by atoms with E-state index >= 15 is 0 Å². The Bertz CT molecular complexity index is 582. The van der Waals surface area contributed by atoms with Gasteiger partial charge in [-0.2, -0.15) is 5.10 Å². The van der Waals surface area contributed by atoms with Crippen molar-refractivity contribution in [1.82, 2.24) is 20.1 Å². The molecule has 0 spiro atoms. The number of aromatic nitrogens is 3. The second-order valence-corrected chi connectivity index (χ2v) is 5.14. The Morgan fingerprint density at radius 3 is 2.70 bits per heavy atom. The van der Waals surface area contributed by atoms with Crippen LogP contribution in [0.1, 0.15) is 37.3 Å². The lowest BCUT2D eigenvalue weighted by atomic mass is 10.1. The molecule has 2 aromatic rings. The summed E-state index contributed by atoms with van der Waals surface area (Å²) >= 11 is 6.27. The molecule has 0 saturated carbocycles. The Balaban J connectivity index is 2.57. The first kappa shape index (κ1) is 14.8. The summed E-state index contributed by atoms with van der Waals surface area (Å²) in [6.07, 6.45) is 3.45. The average molecular weight is 295 g/mol. The fraction of sp³-hybridized carbons (Fsp3) is 0.429. The van der Waals surface area contributed by atoms with Crippen LogP contribution in [0, 0.1) is 0 Å². The standard InChI is InChI=1S/C14H19ClN4O/c1-9(2)19-14(11(20-4)8-18-19)13(16-3)12-10(15)6-5-7-17-12/h5-9,13,16H,1-4H3. The van der Waals surface area contributed by atoms with Gasteiger partial charge in [0.15, 0.2) is 5.75 Å². The Labute approximate surface area is 123 Å². The molecule has 0 aliphatic heterocycles. The lowest BCUT2D eigenvalue weighted by molar-refractivity contribution is 0.395. The van der Waals surface area contributed by atoms with Gasteiger partial charge >= 0.3 is 0 Å². The molecule has 5 nitrogen and oxygen atoms in total. The van der Waals surface area contributed by atoms with E-state index in [0.29, 0.717) is 5.02 Å². The first-order valence-corrected chi connectivity index (χ1v) is 6.87. The van der Waals surface area contributed by atoms with E-state index in [1.165, 1.54) is 0 Å². The fourth-order valence-electron chi connectivity index (χ4n) is 2.21. The molecule has 108 valence electrons. The summed E-state index contributed by atoms with van der Waals surface area (Å²) < 4.78 is 7.35. The minimum atomic E-state index is -0.177. The number of ether oxygens (including phenoxy) is 1. The van der Waals surface area contributed by atoms with Crippen LogP contribution in [0.2, 0.25) is 5.02 Å². The van der Waals surface area contributed by atoms with Crippen molar-refractivity contribution in [3.63, 3.8) is 0 Å². The lowest BCUT2D eigenvalue weighted by Gasteiger charge is -2.21. The highest BCUT2D eigenvalue weighted by molar-refractivity contribution is 6.31. The molecule has 1 unspecified atom stereocenters. The van der Waals surface area contributed by atoms with Crippen LogP contribution in [0.25, 0.3) is 0 Å². The monoisotopic (exact) mass is 294 g/mol. The second kappa shape index (κ2) is 6.24. The highest BCUT2D eigenvalue weighted by Gasteiger charge is 2.26. The van der Waals surface area contributed by atoms with Crippen LogP contribution in [0.15, 0.2) is 24.5 Å². The topological polar surface area (TPSA) is 52.0 Å². The Morgan fingerprint density at radius 2 is 2.15 bits per heavy atom. The van der Waals surface area contributed by atoms with E-state index < -0.39 is 0 Å². The predicted molar refractivity (Wildman–Crippen MR) is 79.3 cm³/mol. The van der Waals surface area contributed by atoms with Gasteiger partial charge in [-0.25, -0.2) is 0 Å². The molecule has 1 atom stereocenters. The summed E-state index contributed by atoms with van der Waals surface area (Å²) in [6.45, 7) is 4.14. The van der Waals surface area contributed by atoms with E-state index in [0.717, 1.165) is 17.1 Å². The van der Waals surface area contributed by atoms with Crippen LogP contribution in [-0.2, 0) is 0 Å². The molecule has 0 saturated heterocycles. The van der Waals surface area contributed by atoms with Crippen molar-refractivity contribution in [3.8, 4) is 5.75 Å². The van der Waals surface area contributed by atoms with E-state index in [-0.39, 0.29) is 12.1 Å². The first-order valence-electron chi connectivity index (χ1n) is 6.49. The average Bonchev–Trinajstić information content (AvgIpc) is 2.86. The second-order valence-electron chi connectivity index (χ2n) is 4.73. The number of methoxy groups -OCH3 is 1. The molecular formula is C14H19ClN4O. The molecule has 2 heterocycles. The number of pyridine rings is 1. The smallest absolute Gasteiger partial charge is 0.162 e. The number of nitrogens with zero attached hydrogens (tertiary/aromatic N) is 3. The third-order valence-corrected chi connectivity index (χ3v) is 3.45. The zero-order valence-electron chi connectivity index (χ0n) is 12.1. The van der Waals surface area contributed by atoms with Gasteiger partial charge in [-0.3, -0.25) is 9.67 Å². The summed E-state index contributed by atoms with van der Waals surface area (Å²) in [5.41, 5.74) is 1.68. The fourth-order valence-corrected chi connectivity index (χ4v) is 2.44. The molecule has 1 N–H and O–H groups in total. The maximum atomic E-state index is 6.27. The molecule has 0 aliphatic rings. The zero-order valence-corrected chi connectivity index (χ0v) is 12.8. The van der Waals surface area contributed by atoms with E-state index in [9.17, 15) is 0 Å². The summed E-state index contributed by atoms with van der Waals surface area (Å²) in [5, 5.41) is 8.25. The molecule has 0 fully saturated rings. The number of halogens is 1. The van der Waals surface area contributed by atoms with Crippen LogP contribution in [0.5, 0.6) is 5.75 Å². The van der Waals surface area contributed by atoms with Crippen molar-refractivity contribution < 1.29 is 4.74 Å². The molecule has 0 bridgehead atoms. The van der Waals surface area contributed by atoms with Gasteiger partial charge in [-0.05, 0) is 33.0 Å². The van der Waals surface area contributed by atoms with E-state index in [1.807, 2.05) is 23.9 Å². The van der Waals surface area contributed by atoms with Gasteiger partial charge in [0, 0.05) is 12.2 Å². The molecule has 0 amide bonds. The van der Waals surface area contributed by atoms with Gasteiger partial charge in [0.1, 0.15) is 5.69 Å². The zero-order chi connectivity index (χ0) is 14.7.